The van der Waals surface area contributed by atoms with Gasteiger partial charge < -0.3 is 14.5 Å². The summed E-state index contributed by atoms with van der Waals surface area (Å²) in [5, 5.41) is 10.6. The third kappa shape index (κ3) is 2.69. The molecule has 0 fully saturated rings. The standard InChI is InChI=1S/C8H15N3O2/c1-5(6(2)12-4)9-8-11-10-7(3)13-8/h5-6H,1-4H3,(H,9,11)/t5-,6?/m0/s1. The third-order valence-corrected chi connectivity index (χ3v) is 1.95. The summed E-state index contributed by atoms with van der Waals surface area (Å²) in [4.78, 5) is 0. The van der Waals surface area contributed by atoms with Gasteiger partial charge in [-0.2, -0.15) is 0 Å². The molecule has 0 aromatic carbocycles. The van der Waals surface area contributed by atoms with Gasteiger partial charge in [0.25, 0.3) is 0 Å². The summed E-state index contributed by atoms with van der Waals surface area (Å²) in [6, 6.07) is 0.582. The van der Waals surface area contributed by atoms with Crippen molar-refractivity contribution in [2.45, 2.75) is 32.9 Å². The molecule has 0 saturated heterocycles. The third-order valence-electron chi connectivity index (χ3n) is 1.95. The van der Waals surface area contributed by atoms with E-state index in [0.29, 0.717) is 11.9 Å². The minimum absolute atomic E-state index is 0.104. The van der Waals surface area contributed by atoms with Crippen LogP contribution in [0.5, 0.6) is 0 Å². The van der Waals surface area contributed by atoms with Crippen molar-refractivity contribution in [2.75, 3.05) is 12.4 Å². The molecule has 1 N–H and O–H groups in total. The van der Waals surface area contributed by atoms with E-state index in [0.717, 1.165) is 0 Å². The van der Waals surface area contributed by atoms with Crippen molar-refractivity contribution < 1.29 is 9.15 Å². The maximum Gasteiger partial charge on any atom is 0.315 e. The second kappa shape index (κ2) is 4.23. The van der Waals surface area contributed by atoms with Crippen LogP contribution < -0.4 is 5.32 Å². The fourth-order valence-corrected chi connectivity index (χ4v) is 0.871. The Bertz CT molecular complexity index is 262. The Labute approximate surface area is 77.5 Å². The first-order valence-corrected chi connectivity index (χ1v) is 4.23. The van der Waals surface area contributed by atoms with E-state index in [9.17, 15) is 0 Å². The van der Waals surface area contributed by atoms with Crippen molar-refractivity contribution in [1.29, 1.82) is 0 Å². The van der Waals surface area contributed by atoms with E-state index in [-0.39, 0.29) is 12.1 Å². The summed E-state index contributed by atoms with van der Waals surface area (Å²) >= 11 is 0. The lowest BCUT2D eigenvalue weighted by Crippen LogP contribution is -2.29. The Morgan fingerprint density at radius 1 is 1.38 bits per heavy atom. The number of ether oxygens (including phenoxy) is 1. The van der Waals surface area contributed by atoms with E-state index in [1.807, 2.05) is 13.8 Å². The van der Waals surface area contributed by atoms with Crippen molar-refractivity contribution in [3.63, 3.8) is 0 Å². The van der Waals surface area contributed by atoms with Gasteiger partial charge >= 0.3 is 6.01 Å². The largest absolute Gasteiger partial charge is 0.408 e. The highest BCUT2D eigenvalue weighted by Crippen LogP contribution is 2.08. The summed E-state index contributed by atoms with van der Waals surface area (Å²) < 4.78 is 10.3. The lowest BCUT2D eigenvalue weighted by molar-refractivity contribution is 0.105. The molecule has 5 nitrogen and oxygen atoms in total. The maximum atomic E-state index is 5.16. The number of rotatable bonds is 4. The summed E-state index contributed by atoms with van der Waals surface area (Å²) in [6.45, 7) is 5.72. The number of anilines is 1. The van der Waals surface area contributed by atoms with E-state index in [1.165, 1.54) is 0 Å². The zero-order chi connectivity index (χ0) is 9.84. The van der Waals surface area contributed by atoms with Crippen molar-refractivity contribution in [3.8, 4) is 0 Å². The number of aryl methyl sites for hydroxylation is 1. The molecule has 0 aliphatic carbocycles. The minimum Gasteiger partial charge on any atom is -0.408 e. The fraction of sp³-hybridized carbons (Fsp3) is 0.750. The average Bonchev–Trinajstić information content (AvgIpc) is 2.49. The molecule has 0 bridgehead atoms. The first-order chi connectivity index (χ1) is 6.13. The molecule has 1 rings (SSSR count). The van der Waals surface area contributed by atoms with Gasteiger partial charge in [0.05, 0.1) is 12.1 Å². The van der Waals surface area contributed by atoms with Crippen LogP contribution in [0.2, 0.25) is 0 Å². The van der Waals surface area contributed by atoms with Crippen LogP contribution >= 0.6 is 0 Å². The molecular weight excluding hydrogens is 170 g/mol. The molecule has 5 heteroatoms. The smallest absolute Gasteiger partial charge is 0.315 e. The SMILES string of the molecule is COC(C)[C@H](C)Nc1nnc(C)o1. The van der Waals surface area contributed by atoms with Crippen LogP contribution in [0.15, 0.2) is 4.42 Å². The molecule has 1 aromatic rings. The van der Waals surface area contributed by atoms with Crippen LogP contribution in [0.3, 0.4) is 0 Å². The zero-order valence-electron chi connectivity index (χ0n) is 8.37. The Morgan fingerprint density at radius 2 is 2.08 bits per heavy atom. The summed E-state index contributed by atoms with van der Waals surface area (Å²) in [7, 11) is 1.67. The normalized spacial score (nSPS) is 15.4. The van der Waals surface area contributed by atoms with Gasteiger partial charge in [-0.1, -0.05) is 5.10 Å². The lowest BCUT2D eigenvalue weighted by Gasteiger charge is -2.17. The predicted molar refractivity (Wildman–Crippen MR) is 48.6 cm³/mol. The maximum absolute atomic E-state index is 5.16. The number of nitrogens with zero attached hydrogens (tertiary/aromatic N) is 2. The Hall–Kier alpha value is -1.10. The molecule has 74 valence electrons. The second-order valence-corrected chi connectivity index (χ2v) is 3.00. The van der Waals surface area contributed by atoms with Gasteiger partial charge in [-0.05, 0) is 13.8 Å². The summed E-state index contributed by atoms with van der Waals surface area (Å²) in [5.74, 6) is 0.555. The van der Waals surface area contributed by atoms with Gasteiger partial charge in [0.1, 0.15) is 0 Å². The highest BCUT2D eigenvalue weighted by atomic mass is 16.5. The van der Waals surface area contributed by atoms with Crippen molar-refractivity contribution >= 4 is 6.01 Å². The number of aromatic nitrogens is 2. The molecule has 0 radical (unpaired) electrons. The van der Waals surface area contributed by atoms with Crippen LogP contribution in [0.4, 0.5) is 6.01 Å². The van der Waals surface area contributed by atoms with Gasteiger partial charge in [0.2, 0.25) is 5.89 Å². The van der Waals surface area contributed by atoms with E-state index in [4.69, 9.17) is 9.15 Å². The van der Waals surface area contributed by atoms with Gasteiger partial charge in [-0.3, -0.25) is 0 Å². The molecule has 1 unspecified atom stereocenters. The van der Waals surface area contributed by atoms with Gasteiger partial charge in [0.15, 0.2) is 0 Å². The van der Waals surface area contributed by atoms with Crippen LogP contribution in [-0.2, 0) is 4.74 Å². The molecule has 1 heterocycles. The predicted octanol–water partition coefficient (Wildman–Crippen LogP) is 1.21. The Kier molecular flexibility index (Phi) is 3.25. The number of methoxy groups -OCH3 is 1. The topological polar surface area (TPSA) is 60.2 Å². The van der Waals surface area contributed by atoms with Gasteiger partial charge in [-0.15, -0.1) is 5.10 Å². The molecule has 0 amide bonds. The lowest BCUT2D eigenvalue weighted by atomic mass is 10.2. The Balaban J connectivity index is 2.49. The molecule has 13 heavy (non-hydrogen) atoms. The van der Waals surface area contributed by atoms with E-state index >= 15 is 0 Å². The quantitative estimate of drug-likeness (QED) is 0.764. The summed E-state index contributed by atoms with van der Waals surface area (Å²) in [5.41, 5.74) is 0. The molecule has 0 spiro atoms. The molecule has 0 saturated carbocycles. The number of nitrogens with one attached hydrogen (secondary N) is 1. The Morgan fingerprint density at radius 3 is 2.54 bits per heavy atom. The minimum atomic E-state index is 0.104. The van der Waals surface area contributed by atoms with Gasteiger partial charge in [-0.25, -0.2) is 0 Å². The molecule has 1 aromatic heterocycles. The molecule has 0 aliphatic rings. The van der Waals surface area contributed by atoms with Crippen molar-refractivity contribution in [1.82, 2.24) is 10.2 Å². The highest BCUT2D eigenvalue weighted by Gasteiger charge is 2.13. The van der Waals surface area contributed by atoms with Crippen LogP contribution in [-0.4, -0.2) is 29.5 Å². The first kappa shape index (κ1) is 9.98. The van der Waals surface area contributed by atoms with E-state index in [1.54, 1.807) is 14.0 Å². The van der Waals surface area contributed by atoms with Crippen LogP contribution in [0, 0.1) is 6.92 Å². The molecule has 0 aliphatic heterocycles. The number of hydrogen-bond acceptors (Lipinski definition) is 5. The fourth-order valence-electron chi connectivity index (χ4n) is 0.871. The zero-order valence-corrected chi connectivity index (χ0v) is 8.37. The van der Waals surface area contributed by atoms with Crippen molar-refractivity contribution in [3.05, 3.63) is 5.89 Å². The van der Waals surface area contributed by atoms with Gasteiger partial charge in [0, 0.05) is 14.0 Å². The monoisotopic (exact) mass is 185 g/mol. The van der Waals surface area contributed by atoms with E-state index < -0.39 is 0 Å². The van der Waals surface area contributed by atoms with Crippen LogP contribution in [0.1, 0.15) is 19.7 Å². The molecule has 2 atom stereocenters. The van der Waals surface area contributed by atoms with Crippen molar-refractivity contribution in [2.24, 2.45) is 0 Å². The highest BCUT2D eigenvalue weighted by molar-refractivity contribution is 5.19. The first-order valence-electron chi connectivity index (χ1n) is 4.23. The van der Waals surface area contributed by atoms with Crippen LogP contribution in [0.25, 0.3) is 0 Å². The summed E-state index contributed by atoms with van der Waals surface area (Å²) in [6.07, 6.45) is 0.104. The van der Waals surface area contributed by atoms with E-state index in [2.05, 4.69) is 15.5 Å². The molecular formula is C8H15N3O2. The number of hydrogen-bond donors (Lipinski definition) is 1. The second-order valence-electron chi connectivity index (χ2n) is 3.00. The average molecular weight is 185 g/mol.